The number of nitrogens with zero attached hydrogens (tertiary/aromatic N) is 1. The lowest BCUT2D eigenvalue weighted by Crippen LogP contribution is -2.13. The van der Waals surface area contributed by atoms with Crippen LogP contribution in [0.2, 0.25) is 0 Å². The number of allylic oxidation sites excluding steroid dienone is 1. The van der Waals surface area contributed by atoms with Gasteiger partial charge in [0.15, 0.2) is 11.5 Å². The van der Waals surface area contributed by atoms with E-state index in [1.165, 1.54) is 0 Å². The average molecular weight is 338 g/mol. The van der Waals surface area contributed by atoms with Crippen LogP contribution in [-0.4, -0.2) is 18.2 Å². The number of benzene rings is 1. The summed E-state index contributed by atoms with van der Waals surface area (Å²) in [6, 6.07) is 7.48. The molecule has 25 heavy (non-hydrogen) atoms. The number of nitriles is 1. The van der Waals surface area contributed by atoms with Gasteiger partial charge in [-0.3, -0.25) is 4.79 Å². The summed E-state index contributed by atoms with van der Waals surface area (Å²) in [6.07, 6.45) is 2.34. The Labute approximate surface area is 147 Å². The van der Waals surface area contributed by atoms with Gasteiger partial charge in [0.05, 0.1) is 13.2 Å². The molecule has 0 unspecified atom stereocenters. The zero-order valence-electron chi connectivity index (χ0n) is 15.0. The Hall–Kier alpha value is -3.00. The molecule has 5 heteroatoms. The SMILES string of the molecule is C=CCc1cc(-c2cc(C)[nH]c(=O)c2C#N)cc(OC)c1OC(C)C. The summed E-state index contributed by atoms with van der Waals surface area (Å²) in [4.78, 5) is 14.7. The van der Waals surface area contributed by atoms with Crippen molar-refractivity contribution in [1.29, 1.82) is 5.26 Å². The number of ether oxygens (including phenoxy) is 2. The van der Waals surface area contributed by atoms with Crippen molar-refractivity contribution in [3.8, 4) is 28.7 Å². The Morgan fingerprint density at radius 2 is 2.08 bits per heavy atom. The number of H-pyrrole nitrogens is 1. The van der Waals surface area contributed by atoms with Gasteiger partial charge in [0.1, 0.15) is 11.6 Å². The monoisotopic (exact) mass is 338 g/mol. The van der Waals surface area contributed by atoms with E-state index in [1.807, 2.05) is 26.0 Å². The number of aromatic amines is 1. The van der Waals surface area contributed by atoms with Crippen LogP contribution < -0.4 is 15.0 Å². The third-order valence-electron chi connectivity index (χ3n) is 3.66. The highest BCUT2D eigenvalue weighted by molar-refractivity contribution is 5.74. The molecule has 0 aliphatic rings. The first kappa shape index (κ1) is 18.3. The van der Waals surface area contributed by atoms with Gasteiger partial charge in [-0.1, -0.05) is 6.08 Å². The second-order valence-corrected chi connectivity index (χ2v) is 6.01. The lowest BCUT2D eigenvalue weighted by atomic mass is 9.97. The maximum Gasteiger partial charge on any atom is 0.266 e. The molecule has 2 aromatic rings. The van der Waals surface area contributed by atoms with Crippen molar-refractivity contribution in [2.24, 2.45) is 0 Å². The zero-order valence-corrected chi connectivity index (χ0v) is 15.0. The second kappa shape index (κ2) is 7.71. The molecular weight excluding hydrogens is 316 g/mol. The fourth-order valence-electron chi connectivity index (χ4n) is 2.67. The Bertz CT molecular complexity index is 889. The summed E-state index contributed by atoms with van der Waals surface area (Å²) < 4.78 is 11.4. The van der Waals surface area contributed by atoms with E-state index in [-0.39, 0.29) is 11.7 Å². The van der Waals surface area contributed by atoms with E-state index in [4.69, 9.17) is 9.47 Å². The van der Waals surface area contributed by atoms with Gasteiger partial charge < -0.3 is 14.5 Å². The van der Waals surface area contributed by atoms with E-state index < -0.39 is 5.56 Å². The van der Waals surface area contributed by atoms with Crippen LogP contribution in [0.5, 0.6) is 11.5 Å². The van der Waals surface area contributed by atoms with Gasteiger partial charge in [-0.2, -0.15) is 5.26 Å². The number of methoxy groups -OCH3 is 1. The molecule has 1 N–H and O–H groups in total. The van der Waals surface area contributed by atoms with Crippen LogP contribution in [0.15, 0.2) is 35.6 Å². The number of nitrogens with one attached hydrogen (secondary N) is 1. The van der Waals surface area contributed by atoms with E-state index in [0.29, 0.717) is 29.2 Å². The molecule has 0 radical (unpaired) electrons. The van der Waals surface area contributed by atoms with Crippen LogP contribution in [0.1, 0.15) is 30.7 Å². The zero-order chi connectivity index (χ0) is 18.6. The molecule has 0 amide bonds. The molecule has 0 aliphatic carbocycles. The highest BCUT2D eigenvalue weighted by atomic mass is 16.5. The summed E-state index contributed by atoms with van der Waals surface area (Å²) >= 11 is 0. The second-order valence-electron chi connectivity index (χ2n) is 6.01. The quantitative estimate of drug-likeness (QED) is 0.814. The van der Waals surface area contributed by atoms with Crippen LogP contribution in [0.4, 0.5) is 0 Å². The first-order chi connectivity index (χ1) is 11.9. The van der Waals surface area contributed by atoms with Crippen molar-refractivity contribution in [2.45, 2.75) is 33.3 Å². The summed E-state index contributed by atoms with van der Waals surface area (Å²) in [6.45, 7) is 9.46. The van der Waals surface area contributed by atoms with Gasteiger partial charge in [-0.05, 0) is 51.0 Å². The Morgan fingerprint density at radius 1 is 1.36 bits per heavy atom. The number of hydrogen-bond donors (Lipinski definition) is 1. The van der Waals surface area contributed by atoms with Gasteiger partial charge in [-0.25, -0.2) is 0 Å². The molecule has 1 aromatic heterocycles. The highest BCUT2D eigenvalue weighted by Gasteiger charge is 2.17. The summed E-state index contributed by atoms with van der Waals surface area (Å²) in [5.41, 5.74) is 2.56. The molecule has 0 saturated carbocycles. The number of aromatic nitrogens is 1. The van der Waals surface area contributed by atoms with E-state index >= 15 is 0 Å². The largest absolute Gasteiger partial charge is 0.493 e. The van der Waals surface area contributed by atoms with E-state index in [0.717, 1.165) is 11.1 Å². The first-order valence-corrected chi connectivity index (χ1v) is 8.04. The molecular formula is C20H22N2O3. The molecule has 0 bridgehead atoms. The lowest BCUT2D eigenvalue weighted by molar-refractivity contribution is 0.228. The molecule has 0 aliphatic heterocycles. The fourth-order valence-corrected chi connectivity index (χ4v) is 2.67. The molecule has 130 valence electrons. The maximum absolute atomic E-state index is 12.1. The van der Waals surface area contributed by atoms with Crippen molar-refractivity contribution < 1.29 is 9.47 Å². The third kappa shape index (κ3) is 3.92. The Kier molecular flexibility index (Phi) is 5.66. The third-order valence-corrected chi connectivity index (χ3v) is 3.66. The lowest BCUT2D eigenvalue weighted by Gasteiger charge is -2.19. The molecule has 1 aromatic carbocycles. The molecule has 0 saturated heterocycles. The van der Waals surface area contributed by atoms with Crippen molar-refractivity contribution in [1.82, 2.24) is 4.98 Å². The summed E-state index contributed by atoms with van der Waals surface area (Å²) in [5, 5.41) is 9.38. The van der Waals surface area contributed by atoms with Gasteiger partial charge in [0, 0.05) is 16.8 Å². The highest BCUT2D eigenvalue weighted by Crippen LogP contribution is 2.38. The van der Waals surface area contributed by atoms with Crippen molar-refractivity contribution in [2.75, 3.05) is 7.11 Å². The van der Waals surface area contributed by atoms with E-state index in [2.05, 4.69) is 11.6 Å². The molecule has 5 nitrogen and oxygen atoms in total. The van der Waals surface area contributed by atoms with Gasteiger partial charge in [-0.15, -0.1) is 6.58 Å². The van der Waals surface area contributed by atoms with Crippen LogP contribution in [0.25, 0.3) is 11.1 Å². The van der Waals surface area contributed by atoms with Crippen molar-refractivity contribution in [3.63, 3.8) is 0 Å². The predicted octanol–water partition coefficient (Wildman–Crippen LogP) is 3.75. The van der Waals surface area contributed by atoms with E-state index in [9.17, 15) is 10.1 Å². The topological polar surface area (TPSA) is 75.1 Å². The first-order valence-electron chi connectivity index (χ1n) is 8.04. The average Bonchev–Trinajstić information content (AvgIpc) is 2.55. The molecule has 1 heterocycles. The standard InChI is InChI=1S/C20H22N2O3/c1-6-7-14-9-15(10-18(24-5)19(14)25-12(2)3)16-8-13(4)22-20(23)17(16)11-21/h6,8-10,12H,1,7H2,2-5H3,(H,22,23). The minimum atomic E-state index is -0.399. The van der Waals surface area contributed by atoms with Crippen molar-refractivity contribution >= 4 is 0 Å². The summed E-state index contributed by atoms with van der Waals surface area (Å²) in [5.74, 6) is 1.21. The number of rotatable bonds is 6. The number of aryl methyl sites for hydroxylation is 1. The minimum absolute atomic E-state index is 0.0141. The predicted molar refractivity (Wildman–Crippen MR) is 98.2 cm³/mol. The van der Waals surface area contributed by atoms with Crippen LogP contribution >= 0.6 is 0 Å². The molecule has 0 spiro atoms. The smallest absolute Gasteiger partial charge is 0.266 e. The molecule has 2 rings (SSSR count). The van der Waals surface area contributed by atoms with E-state index in [1.54, 1.807) is 32.2 Å². The normalized spacial score (nSPS) is 10.4. The van der Waals surface area contributed by atoms with Crippen LogP contribution in [-0.2, 0) is 6.42 Å². The number of hydrogen-bond acceptors (Lipinski definition) is 4. The number of pyridine rings is 1. The van der Waals surface area contributed by atoms with Gasteiger partial charge in [0.2, 0.25) is 0 Å². The maximum atomic E-state index is 12.1. The van der Waals surface area contributed by atoms with Crippen LogP contribution in [0.3, 0.4) is 0 Å². The van der Waals surface area contributed by atoms with Crippen molar-refractivity contribution in [3.05, 3.63) is 58.0 Å². The van der Waals surface area contributed by atoms with Crippen LogP contribution in [0, 0.1) is 18.3 Å². The Morgan fingerprint density at radius 3 is 2.64 bits per heavy atom. The molecule has 0 atom stereocenters. The Balaban J connectivity index is 2.76. The molecule has 0 fully saturated rings. The van der Waals surface area contributed by atoms with Gasteiger partial charge in [0.25, 0.3) is 5.56 Å². The summed E-state index contributed by atoms with van der Waals surface area (Å²) in [7, 11) is 1.57. The minimum Gasteiger partial charge on any atom is -0.493 e. The van der Waals surface area contributed by atoms with Gasteiger partial charge >= 0.3 is 0 Å². The fraction of sp³-hybridized carbons (Fsp3) is 0.300.